The van der Waals surface area contributed by atoms with Crippen LogP contribution >= 0.6 is 0 Å². The highest BCUT2D eigenvalue weighted by Gasteiger charge is 2.48. The number of hydrogen-bond donors (Lipinski definition) is 4. The molecule has 0 amide bonds. The Labute approximate surface area is 290 Å². The number of carboxylic acid groups (broad SMARTS) is 1. The fourth-order valence-electron chi connectivity index (χ4n) is 6.67. The molecule has 16 nitrogen and oxygen atoms in total. The monoisotopic (exact) mass is 776 g/mol. The van der Waals surface area contributed by atoms with Gasteiger partial charge < -0.3 is 14.6 Å². The molecular weight excluding hydrogens is 741 g/mol. The van der Waals surface area contributed by atoms with Gasteiger partial charge in [-0.3, -0.25) is 13.7 Å². The van der Waals surface area contributed by atoms with E-state index in [9.17, 15) is 61.8 Å². The highest BCUT2D eigenvalue weighted by atomic mass is 32.2. The molecule has 20 heteroatoms. The molecule has 50 heavy (non-hydrogen) atoms. The number of benzene rings is 2. The lowest BCUT2D eigenvalue weighted by Crippen LogP contribution is -2.30. The number of rotatable bonds is 13. The van der Waals surface area contributed by atoms with Crippen LogP contribution in [0, 0.1) is 0 Å². The number of nitrogens with zero attached hydrogens (tertiary/aromatic N) is 2. The molecule has 4 N–H and O–H groups in total. The lowest BCUT2D eigenvalue weighted by atomic mass is 9.79. The third-order valence-corrected chi connectivity index (χ3v) is 12.0. The molecule has 2 aromatic rings. The molecule has 2 aromatic carbocycles. The number of anilines is 1. The molecule has 0 spiro atoms. The molecule has 0 aliphatic carbocycles. The summed E-state index contributed by atoms with van der Waals surface area (Å²) in [5.74, 6) is -2.59. The summed E-state index contributed by atoms with van der Waals surface area (Å²) in [6.45, 7) is 6.44. The van der Waals surface area contributed by atoms with E-state index in [0.717, 1.165) is 6.07 Å². The van der Waals surface area contributed by atoms with E-state index in [-0.39, 0.29) is 48.4 Å². The molecule has 0 atom stereocenters. The first kappa shape index (κ1) is 39.3. The van der Waals surface area contributed by atoms with Crippen LogP contribution in [0.3, 0.4) is 0 Å². The minimum Gasteiger partial charge on any atom is -0.748 e. The molecule has 0 radical (unpaired) electrons. The number of fused-ring (bicyclic) bond motifs is 2. The molecule has 0 saturated carbocycles. The van der Waals surface area contributed by atoms with Gasteiger partial charge in [0.25, 0.3) is 30.4 Å². The molecule has 4 rings (SSSR count). The van der Waals surface area contributed by atoms with Gasteiger partial charge in [-0.25, -0.2) is 13.2 Å². The van der Waals surface area contributed by atoms with Crippen LogP contribution in [0.1, 0.15) is 62.0 Å². The topological polar surface area (TPSA) is 264 Å². The van der Waals surface area contributed by atoms with Gasteiger partial charge in [0.1, 0.15) is 11.4 Å². The number of hydrogen-bond acceptors (Lipinski definition) is 11. The van der Waals surface area contributed by atoms with Crippen LogP contribution in [0.15, 0.2) is 64.0 Å². The summed E-state index contributed by atoms with van der Waals surface area (Å²) in [5, 5.41) is 9.95. The SMILES string of the molecule is CC1(C)C(/C=C/C=C2/N(CCCS(=O)(=O)O)c3cc(S(=O)(=O)O)cc(S(=O)(=O)O)c3C2(C)C)=[N+](CCCS(=O)(=O)[O-])c2cccc(C(=O)O)c21. The van der Waals surface area contributed by atoms with Crippen LogP contribution in [0.2, 0.25) is 0 Å². The quantitative estimate of drug-likeness (QED) is 0.168. The fourth-order valence-corrected chi connectivity index (χ4v) is 9.15. The Morgan fingerprint density at radius 3 is 2.06 bits per heavy atom. The van der Waals surface area contributed by atoms with Crippen LogP contribution in [-0.2, 0) is 51.3 Å². The van der Waals surface area contributed by atoms with Crippen molar-refractivity contribution in [2.24, 2.45) is 0 Å². The van der Waals surface area contributed by atoms with Crippen molar-refractivity contribution in [2.75, 3.05) is 29.5 Å². The van der Waals surface area contributed by atoms with Crippen LogP contribution < -0.4 is 4.90 Å². The van der Waals surface area contributed by atoms with Gasteiger partial charge in [-0.05, 0) is 44.5 Å². The molecule has 0 bridgehead atoms. The minimum atomic E-state index is -5.10. The Balaban J connectivity index is 1.93. The maximum atomic E-state index is 12.6. The average Bonchev–Trinajstić information content (AvgIpc) is 3.29. The van der Waals surface area contributed by atoms with E-state index in [0.29, 0.717) is 23.0 Å². The number of carboxylic acids is 1. The van der Waals surface area contributed by atoms with Gasteiger partial charge in [-0.15, -0.1) is 0 Å². The normalized spacial score (nSPS) is 18.2. The van der Waals surface area contributed by atoms with Gasteiger partial charge in [0, 0.05) is 53.2 Å². The zero-order valence-corrected chi connectivity index (χ0v) is 30.5. The zero-order valence-electron chi connectivity index (χ0n) is 27.3. The van der Waals surface area contributed by atoms with E-state index < -0.39 is 78.6 Å². The van der Waals surface area contributed by atoms with E-state index >= 15 is 0 Å². The molecule has 0 saturated heterocycles. The lowest BCUT2D eigenvalue weighted by Gasteiger charge is -2.27. The highest BCUT2D eigenvalue weighted by Crippen LogP contribution is 2.51. The summed E-state index contributed by atoms with van der Waals surface area (Å²) in [7, 11) is -19.1. The first-order chi connectivity index (χ1) is 22.7. The van der Waals surface area contributed by atoms with Gasteiger partial charge in [0.15, 0.2) is 5.71 Å². The predicted octanol–water partition coefficient (Wildman–Crippen LogP) is 2.71. The maximum Gasteiger partial charge on any atom is 0.336 e. The summed E-state index contributed by atoms with van der Waals surface area (Å²) in [6, 6.07) is 6.19. The van der Waals surface area contributed by atoms with Crippen molar-refractivity contribution in [1.82, 2.24) is 0 Å². The summed E-state index contributed by atoms with van der Waals surface area (Å²) in [6.07, 6.45) is 4.33. The Morgan fingerprint density at radius 1 is 0.880 bits per heavy atom. The van der Waals surface area contributed by atoms with E-state index in [1.807, 2.05) is 0 Å². The Morgan fingerprint density at radius 2 is 1.52 bits per heavy atom. The van der Waals surface area contributed by atoms with E-state index in [2.05, 4.69) is 0 Å². The van der Waals surface area contributed by atoms with Gasteiger partial charge in [0.05, 0.1) is 37.3 Å². The molecule has 2 aliphatic heterocycles. The second-order valence-corrected chi connectivity index (χ2v) is 18.8. The Kier molecular flexibility index (Phi) is 10.4. The first-order valence-electron chi connectivity index (χ1n) is 14.9. The summed E-state index contributed by atoms with van der Waals surface area (Å²) in [4.78, 5) is 11.9. The van der Waals surface area contributed by atoms with Crippen LogP contribution in [0.5, 0.6) is 0 Å². The summed E-state index contributed by atoms with van der Waals surface area (Å²) in [5.41, 5.74) is -0.768. The standard InChI is InChI=1S/C30H36N2O14S4/c1-29(2)24(31(13-7-15-47(35,36)37)21-10-5-9-20(26(21)29)28(33)34)11-6-12-25-30(3,4)27-22(32(25)14-8-16-48(38,39)40)17-19(49(41,42)43)18-23(27)50(44,45)46/h5-6,9-12,17-18H,7-8,13-16H2,1-4H3,(H4-,33,34,35,36,37,38,39,40,41,42,43,44,45,46). The lowest BCUT2D eigenvalue weighted by molar-refractivity contribution is -0.437. The second kappa shape index (κ2) is 13.2. The summed E-state index contributed by atoms with van der Waals surface area (Å²) >= 11 is 0. The highest BCUT2D eigenvalue weighted by molar-refractivity contribution is 7.87. The second-order valence-electron chi connectivity index (χ2n) is 12.9. The largest absolute Gasteiger partial charge is 0.748 e. The van der Waals surface area contributed by atoms with Crippen molar-refractivity contribution in [3.05, 3.63) is 70.9 Å². The maximum absolute atomic E-state index is 12.6. The van der Waals surface area contributed by atoms with Crippen molar-refractivity contribution < 1.29 is 66.4 Å². The van der Waals surface area contributed by atoms with Crippen molar-refractivity contribution in [3.8, 4) is 0 Å². The third kappa shape index (κ3) is 8.01. The number of aromatic carboxylic acids is 1. The molecule has 2 heterocycles. The molecule has 0 fully saturated rings. The third-order valence-electron chi connectivity index (χ3n) is 8.67. The molecule has 0 aromatic heterocycles. The average molecular weight is 777 g/mol. The van der Waals surface area contributed by atoms with Crippen molar-refractivity contribution >= 4 is 63.5 Å². The number of carbonyl (C=O) groups is 1. The molecular formula is C30H36N2O14S4. The Bertz CT molecular complexity index is 2300. The minimum absolute atomic E-state index is 0.000435. The van der Waals surface area contributed by atoms with Crippen molar-refractivity contribution in [3.63, 3.8) is 0 Å². The van der Waals surface area contributed by atoms with Crippen LogP contribution in [-0.4, -0.2) is 97.8 Å². The van der Waals surface area contributed by atoms with E-state index in [1.54, 1.807) is 44.4 Å². The van der Waals surface area contributed by atoms with Crippen LogP contribution in [0.25, 0.3) is 0 Å². The molecule has 274 valence electrons. The molecule has 2 aliphatic rings. The predicted molar refractivity (Wildman–Crippen MR) is 180 cm³/mol. The first-order valence-corrected chi connectivity index (χ1v) is 20.9. The van der Waals surface area contributed by atoms with Gasteiger partial charge in [-0.1, -0.05) is 26.0 Å². The smallest absolute Gasteiger partial charge is 0.336 e. The molecule has 0 unspecified atom stereocenters. The van der Waals surface area contributed by atoms with E-state index in [1.165, 1.54) is 29.2 Å². The van der Waals surface area contributed by atoms with Crippen molar-refractivity contribution in [2.45, 2.75) is 61.2 Å². The van der Waals surface area contributed by atoms with E-state index in [4.69, 9.17) is 0 Å². The fraction of sp³-hybridized carbons (Fsp3) is 0.400. The summed E-state index contributed by atoms with van der Waals surface area (Å²) < 4.78 is 137. The Hall–Kier alpha value is -3.50. The number of allylic oxidation sites excluding steroid dienone is 4. The van der Waals surface area contributed by atoms with Crippen LogP contribution in [0.4, 0.5) is 11.4 Å². The zero-order chi connectivity index (χ0) is 37.8. The van der Waals surface area contributed by atoms with Gasteiger partial charge in [-0.2, -0.15) is 29.8 Å². The van der Waals surface area contributed by atoms with Gasteiger partial charge in [0.2, 0.25) is 5.69 Å². The van der Waals surface area contributed by atoms with Crippen molar-refractivity contribution in [1.29, 1.82) is 0 Å². The van der Waals surface area contributed by atoms with Gasteiger partial charge >= 0.3 is 5.97 Å².